The van der Waals surface area contributed by atoms with Crippen LogP contribution in [0.15, 0.2) is 71.8 Å². The minimum absolute atomic E-state index is 0.0536. The Bertz CT molecular complexity index is 1320. The van der Waals surface area contributed by atoms with Gasteiger partial charge in [-0.3, -0.25) is 14.7 Å². The third kappa shape index (κ3) is 4.48. The lowest BCUT2D eigenvalue weighted by Gasteiger charge is -2.27. The highest BCUT2D eigenvalue weighted by atomic mass is 32.1. The SMILES string of the molecule is O=c1[nH]c(-c2ccncc2)nc2c1CN(Cc1ccc(C#Cc3ccccc3)s1)CC2. The van der Waals surface area contributed by atoms with E-state index in [-0.39, 0.29) is 5.56 Å². The second-order valence-corrected chi connectivity index (χ2v) is 8.59. The van der Waals surface area contributed by atoms with Gasteiger partial charge in [-0.25, -0.2) is 4.98 Å². The molecule has 0 amide bonds. The van der Waals surface area contributed by atoms with Gasteiger partial charge in [0.2, 0.25) is 0 Å². The Morgan fingerprint density at radius 2 is 1.87 bits per heavy atom. The van der Waals surface area contributed by atoms with Gasteiger partial charge in [0.1, 0.15) is 5.82 Å². The first-order chi connectivity index (χ1) is 15.2. The van der Waals surface area contributed by atoms with Gasteiger partial charge in [0.25, 0.3) is 5.56 Å². The number of pyridine rings is 1. The second kappa shape index (κ2) is 8.68. The van der Waals surface area contributed by atoms with Gasteiger partial charge < -0.3 is 4.98 Å². The van der Waals surface area contributed by atoms with Gasteiger partial charge in [-0.15, -0.1) is 11.3 Å². The number of H-pyrrole nitrogens is 1. The molecule has 5 nitrogen and oxygen atoms in total. The summed E-state index contributed by atoms with van der Waals surface area (Å²) in [7, 11) is 0. The zero-order valence-corrected chi connectivity index (χ0v) is 17.7. The molecule has 1 aliphatic rings. The van der Waals surface area contributed by atoms with Gasteiger partial charge in [-0.1, -0.05) is 30.0 Å². The standard InChI is InChI=1S/C25H20N4OS/c30-25-22-17-29(15-12-23(22)27-24(28-25)19-10-13-26-14-11-19)16-21-9-8-20(31-21)7-6-18-4-2-1-3-5-18/h1-5,8-11,13-14H,12,15-17H2,(H,27,28,30). The zero-order chi connectivity index (χ0) is 21.0. The molecule has 0 aliphatic carbocycles. The maximum absolute atomic E-state index is 12.7. The number of aromatic nitrogens is 3. The van der Waals surface area contributed by atoms with E-state index in [9.17, 15) is 4.79 Å². The number of nitrogens with one attached hydrogen (secondary N) is 1. The number of hydrogen-bond acceptors (Lipinski definition) is 5. The van der Waals surface area contributed by atoms with Crippen LogP contribution in [0.1, 0.15) is 26.6 Å². The third-order valence-electron chi connectivity index (χ3n) is 5.25. The van der Waals surface area contributed by atoms with E-state index >= 15 is 0 Å². The Kier molecular flexibility index (Phi) is 5.44. The summed E-state index contributed by atoms with van der Waals surface area (Å²) in [4.78, 5) is 29.0. The molecule has 1 aromatic carbocycles. The van der Waals surface area contributed by atoms with Gasteiger partial charge in [0, 0.05) is 54.5 Å². The first-order valence-corrected chi connectivity index (χ1v) is 11.0. The summed E-state index contributed by atoms with van der Waals surface area (Å²) in [5.74, 6) is 7.06. The number of rotatable bonds is 3. The first kappa shape index (κ1) is 19.4. The van der Waals surface area contributed by atoms with E-state index < -0.39 is 0 Å². The molecule has 152 valence electrons. The first-order valence-electron chi connectivity index (χ1n) is 10.2. The average Bonchev–Trinajstić information content (AvgIpc) is 3.26. The molecular formula is C25H20N4OS. The van der Waals surface area contributed by atoms with Gasteiger partial charge in [0.05, 0.1) is 16.1 Å². The highest BCUT2D eigenvalue weighted by Crippen LogP contribution is 2.22. The molecule has 1 N–H and O–H groups in total. The Morgan fingerprint density at radius 1 is 1.03 bits per heavy atom. The largest absolute Gasteiger partial charge is 0.306 e. The number of nitrogens with zero attached hydrogens (tertiary/aromatic N) is 3. The van der Waals surface area contributed by atoms with Crippen molar-refractivity contribution in [2.75, 3.05) is 6.54 Å². The Morgan fingerprint density at radius 3 is 2.71 bits per heavy atom. The molecule has 0 spiro atoms. The smallest absolute Gasteiger partial charge is 0.255 e. The van der Waals surface area contributed by atoms with E-state index in [1.807, 2.05) is 42.5 Å². The van der Waals surface area contributed by atoms with Crippen LogP contribution in [0.5, 0.6) is 0 Å². The molecule has 0 atom stereocenters. The summed E-state index contributed by atoms with van der Waals surface area (Å²) in [5.41, 5.74) is 3.50. The highest BCUT2D eigenvalue weighted by molar-refractivity contribution is 7.12. The van der Waals surface area contributed by atoms with Crippen molar-refractivity contribution in [1.82, 2.24) is 19.9 Å². The zero-order valence-electron chi connectivity index (χ0n) is 16.8. The molecule has 0 radical (unpaired) electrons. The lowest BCUT2D eigenvalue weighted by molar-refractivity contribution is 0.244. The van der Waals surface area contributed by atoms with Crippen molar-refractivity contribution in [2.24, 2.45) is 0 Å². The molecule has 0 saturated heterocycles. The molecule has 6 heteroatoms. The number of aromatic amines is 1. The minimum Gasteiger partial charge on any atom is -0.306 e. The van der Waals surface area contributed by atoms with Gasteiger partial charge in [-0.05, 0) is 36.4 Å². The molecule has 4 aromatic rings. The normalized spacial score (nSPS) is 13.3. The van der Waals surface area contributed by atoms with Crippen molar-refractivity contribution in [3.8, 4) is 23.2 Å². The van der Waals surface area contributed by atoms with Crippen LogP contribution >= 0.6 is 11.3 Å². The summed E-state index contributed by atoms with van der Waals surface area (Å²) < 4.78 is 0. The maximum atomic E-state index is 12.7. The van der Waals surface area contributed by atoms with E-state index in [0.717, 1.165) is 46.8 Å². The van der Waals surface area contributed by atoms with Crippen LogP contribution in [0.2, 0.25) is 0 Å². The van der Waals surface area contributed by atoms with Gasteiger partial charge in [-0.2, -0.15) is 0 Å². The quantitative estimate of drug-likeness (QED) is 0.508. The van der Waals surface area contributed by atoms with E-state index in [2.05, 4.69) is 38.8 Å². The summed E-state index contributed by atoms with van der Waals surface area (Å²) in [6.07, 6.45) is 4.18. The van der Waals surface area contributed by atoms with Crippen molar-refractivity contribution in [3.63, 3.8) is 0 Å². The molecule has 0 saturated carbocycles. The van der Waals surface area contributed by atoms with E-state index in [1.165, 1.54) is 4.88 Å². The van der Waals surface area contributed by atoms with Crippen LogP contribution in [0.4, 0.5) is 0 Å². The summed E-state index contributed by atoms with van der Waals surface area (Å²) in [6, 6.07) is 17.9. The van der Waals surface area contributed by atoms with Crippen molar-refractivity contribution in [1.29, 1.82) is 0 Å². The number of hydrogen-bond donors (Lipinski definition) is 1. The third-order valence-corrected chi connectivity index (χ3v) is 6.23. The molecule has 3 aromatic heterocycles. The monoisotopic (exact) mass is 424 g/mol. The fourth-order valence-corrected chi connectivity index (χ4v) is 4.57. The van der Waals surface area contributed by atoms with Crippen LogP contribution in [0.3, 0.4) is 0 Å². The predicted octanol–water partition coefficient (Wildman–Crippen LogP) is 3.85. The Labute approximate surface area is 184 Å². The number of thiophene rings is 1. The average molecular weight is 425 g/mol. The topological polar surface area (TPSA) is 61.9 Å². The van der Waals surface area contributed by atoms with Crippen LogP contribution < -0.4 is 5.56 Å². The van der Waals surface area contributed by atoms with Crippen LogP contribution in [0.25, 0.3) is 11.4 Å². The number of fused-ring (bicyclic) bond motifs is 1. The Hall–Kier alpha value is -3.53. The summed E-state index contributed by atoms with van der Waals surface area (Å²) in [5, 5.41) is 0. The van der Waals surface area contributed by atoms with Crippen LogP contribution in [0, 0.1) is 11.8 Å². The predicted molar refractivity (Wildman–Crippen MR) is 123 cm³/mol. The molecule has 0 bridgehead atoms. The summed E-state index contributed by atoms with van der Waals surface area (Å²) >= 11 is 1.71. The lowest BCUT2D eigenvalue weighted by Crippen LogP contribution is -2.35. The number of benzene rings is 1. The van der Waals surface area contributed by atoms with Crippen molar-refractivity contribution >= 4 is 11.3 Å². The van der Waals surface area contributed by atoms with E-state index in [1.54, 1.807) is 23.7 Å². The molecule has 1 aliphatic heterocycles. The molecule has 5 rings (SSSR count). The van der Waals surface area contributed by atoms with Gasteiger partial charge >= 0.3 is 0 Å². The maximum Gasteiger partial charge on any atom is 0.255 e. The highest BCUT2D eigenvalue weighted by Gasteiger charge is 2.22. The molecular weight excluding hydrogens is 404 g/mol. The summed E-state index contributed by atoms with van der Waals surface area (Å²) in [6.45, 7) is 2.29. The fraction of sp³-hybridized carbons (Fsp3) is 0.160. The van der Waals surface area contributed by atoms with Gasteiger partial charge in [0.15, 0.2) is 0 Å². The van der Waals surface area contributed by atoms with Crippen molar-refractivity contribution in [2.45, 2.75) is 19.5 Å². The van der Waals surface area contributed by atoms with E-state index in [4.69, 9.17) is 4.98 Å². The van der Waals surface area contributed by atoms with E-state index in [0.29, 0.717) is 12.4 Å². The molecule has 31 heavy (non-hydrogen) atoms. The molecule has 4 heterocycles. The molecule has 0 fully saturated rings. The lowest BCUT2D eigenvalue weighted by atomic mass is 10.1. The van der Waals surface area contributed by atoms with Crippen molar-refractivity contribution in [3.05, 3.63) is 104 Å². The van der Waals surface area contributed by atoms with Crippen LogP contribution in [-0.4, -0.2) is 26.4 Å². The van der Waals surface area contributed by atoms with Crippen molar-refractivity contribution < 1.29 is 0 Å². The minimum atomic E-state index is -0.0536. The molecule has 0 unspecified atom stereocenters. The van der Waals surface area contributed by atoms with Crippen LogP contribution in [-0.2, 0) is 19.5 Å². The second-order valence-electron chi connectivity index (χ2n) is 7.42. The Balaban J connectivity index is 1.29. The fourth-order valence-electron chi connectivity index (χ4n) is 3.67.